The summed E-state index contributed by atoms with van der Waals surface area (Å²) in [6, 6.07) is 6.83. The van der Waals surface area contributed by atoms with E-state index in [-0.39, 0.29) is 17.7 Å². The first-order valence-corrected chi connectivity index (χ1v) is 12.4. The maximum atomic E-state index is 12.9. The molecule has 1 unspecified atom stereocenters. The molecular formula is C21H29N3O3S2. The molecule has 1 aliphatic rings. The van der Waals surface area contributed by atoms with Crippen LogP contribution in [0, 0.1) is 17.8 Å². The first-order valence-electron chi connectivity index (χ1n) is 10.1. The highest BCUT2D eigenvalue weighted by Crippen LogP contribution is 2.28. The van der Waals surface area contributed by atoms with Gasteiger partial charge in [-0.05, 0) is 36.8 Å². The Bertz CT molecular complexity index is 944. The van der Waals surface area contributed by atoms with Crippen LogP contribution in [-0.4, -0.2) is 36.7 Å². The molecule has 1 saturated heterocycles. The molecule has 6 nitrogen and oxygen atoms in total. The number of piperidine rings is 1. The smallest absolute Gasteiger partial charge is 0.243 e. The number of amides is 1. The van der Waals surface area contributed by atoms with Crippen molar-refractivity contribution in [3.8, 4) is 11.3 Å². The van der Waals surface area contributed by atoms with Crippen LogP contribution in [0.25, 0.3) is 11.3 Å². The van der Waals surface area contributed by atoms with Crippen molar-refractivity contribution in [1.82, 2.24) is 9.29 Å². The molecule has 2 aromatic rings. The first kappa shape index (κ1) is 21.9. The van der Waals surface area contributed by atoms with Gasteiger partial charge >= 0.3 is 0 Å². The van der Waals surface area contributed by atoms with Crippen molar-refractivity contribution >= 4 is 32.4 Å². The van der Waals surface area contributed by atoms with E-state index in [1.165, 1.54) is 11.3 Å². The second-order valence-corrected chi connectivity index (χ2v) is 11.0. The Kier molecular flexibility index (Phi) is 6.76. The maximum absolute atomic E-state index is 12.9. The summed E-state index contributed by atoms with van der Waals surface area (Å²) in [5.74, 6) is 0.696. The van der Waals surface area contributed by atoms with Crippen LogP contribution < -0.4 is 5.32 Å². The number of nitrogens with zero attached hydrogens (tertiary/aromatic N) is 2. The maximum Gasteiger partial charge on any atom is 0.243 e. The third-order valence-corrected chi connectivity index (χ3v) is 8.35. The number of carbonyl (C=O) groups is 1. The van der Waals surface area contributed by atoms with Crippen LogP contribution in [0.15, 0.2) is 34.5 Å². The predicted molar refractivity (Wildman–Crippen MR) is 117 cm³/mol. The fourth-order valence-corrected chi connectivity index (χ4v) is 5.35. The van der Waals surface area contributed by atoms with Crippen LogP contribution in [0.2, 0.25) is 0 Å². The van der Waals surface area contributed by atoms with Gasteiger partial charge in [0.25, 0.3) is 0 Å². The van der Waals surface area contributed by atoms with Crippen molar-refractivity contribution < 1.29 is 13.2 Å². The van der Waals surface area contributed by atoms with Gasteiger partial charge in [-0.3, -0.25) is 4.79 Å². The number of benzene rings is 1. The second-order valence-electron chi connectivity index (χ2n) is 8.17. The van der Waals surface area contributed by atoms with E-state index in [1.54, 1.807) is 28.6 Å². The van der Waals surface area contributed by atoms with Crippen LogP contribution in [0.1, 0.15) is 40.5 Å². The van der Waals surface area contributed by atoms with Crippen LogP contribution in [-0.2, 0) is 14.8 Å². The highest BCUT2D eigenvalue weighted by Gasteiger charge is 2.28. The van der Waals surface area contributed by atoms with Gasteiger partial charge in [-0.2, -0.15) is 4.31 Å². The number of thiazole rings is 1. The standard InChI is InChI=1S/C21H29N3O3S2/c1-14(2)16(4)20(25)23-21-22-19(13-28-21)17-5-7-18(8-6-17)29(26,27)24-11-9-15(3)10-12-24/h5-8,13-16H,9-12H2,1-4H3,(H,22,23,25). The summed E-state index contributed by atoms with van der Waals surface area (Å²) >= 11 is 1.36. The van der Waals surface area contributed by atoms with Gasteiger partial charge in [0.15, 0.2) is 5.13 Å². The Labute approximate surface area is 177 Å². The molecule has 3 rings (SSSR count). The van der Waals surface area contributed by atoms with Gasteiger partial charge in [-0.1, -0.05) is 39.8 Å². The Hall–Kier alpha value is -1.77. The second kappa shape index (κ2) is 8.93. The average Bonchev–Trinajstić information content (AvgIpc) is 3.16. The van der Waals surface area contributed by atoms with Crippen LogP contribution in [0.3, 0.4) is 0 Å². The quantitative estimate of drug-likeness (QED) is 0.726. The van der Waals surface area contributed by atoms with E-state index in [0.29, 0.717) is 29.0 Å². The number of carbonyl (C=O) groups excluding carboxylic acids is 1. The summed E-state index contributed by atoms with van der Waals surface area (Å²) in [5.41, 5.74) is 1.54. The lowest BCUT2D eigenvalue weighted by Gasteiger charge is -2.29. The van der Waals surface area contributed by atoms with Crippen molar-refractivity contribution in [3.05, 3.63) is 29.6 Å². The summed E-state index contributed by atoms with van der Waals surface area (Å²) in [5, 5.41) is 5.28. The predicted octanol–water partition coefficient (Wildman–Crippen LogP) is 4.46. The van der Waals surface area contributed by atoms with Crippen molar-refractivity contribution in [1.29, 1.82) is 0 Å². The van der Waals surface area contributed by atoms with E-state index >= 15 is 0 Å². The van der Waals surface area contributed by atoms with Crippen LogP contribution in [0.5, 0.6) is 0 Å². The molecule has 1 atom stereocenters. The minimum atomic E-state index is -3.45. The fourth-order valence-electron chi connectivity index (χ4n) is 3.16. The molecule has 2 heterocycles. The monoisotopic (exact) mass is 435 g/mol. The van der Waals surface area contributed by atoms with E-state index in [9.17, 15) is 13.2 Å². The number of sulfonamides is 1. The Morgan fingerprint density at radius 2 is 1.79 bits per heavy atom. The zero-order valence-corrected chi connectivity index (χ0v) is 19.0. The molecule has 29 heavy (non-hydrogen) atoms. The SMILES string of the molecule is CC1CCN(S(=O)(=O)c2ccc(-c3csc(NC(=O)C(C)C(C)C)n3)cc2)CC1. The average molecular weight is 436 g/mol. The number of rotatable bonds is 6. The van der Waals surface area contributed by atoms with Gasteiger partial charge in [-0.25, -0.2) is 13.4 Å². The highest BCUT2D eigenvalue weighted by atomic mass is 32.2. The lowest BCUT2D eigenvalue weighted by atomic mass is 9.97. The van der Waals surface area contributed by atoms with Crippen molar-refractivity contribution in [3.63, 3.8) is 0 Å². The van der Waals surface area contributed by atoms with E-state index in [0.717, 1.165) is 24.1 Å². The Balaban J connectivity index is 1.71. The summed E-state index contributed by atoms with van der Waals surface area (Å²) < 4.78 is 27.3. The van der Waals surface area contributed by atoms with Crippen molar-refractivity contribution in [2.75, 3.05) is 18.4 Å². The molecule has 0 saturated carbocycles. The number of aromatic nitrogens is 1. The van der Waals surface area contributed by atoms with E-state index in [4.69, 9.17) is 0 Å². The van der Waals surface area contributed by atoms with Crippen LogP contribution >= 0.6 is 11.3 Å². The summed E-state index contributed by atoms with van der Waals surface area (Å²) in [4.78, 5) is 17.0. The molecule has 1 amide bonds. The van der Waals surface area contributed by atoms with Gasteiger partial charge < -0.3 is 5.32 Å². The first-order chi connectivity index (χ1) is 13.7. The van der Waals surface area contributed by atoms with E-state index in [1.807, 2.05) is 26.2 Å². The molecule has 0 spiro atoms. The summed E-state index contributed by atoms with van der Waals surface area (Å²) in [6.07, 6.45) is 1.81. The Morgan fingerprint density at radius 1 is 1.17 bits per heavy atom. The molecule has 1 N–H and O–H groups in total. The number of anilines is 1. The molecule has 8 heteroatoms. The van der Waals surface area contributed by atoms with Crippen LogP contribution in [0.4, 0.5) is 5.13 Å². The van der Waals surface area contributed by atoms with Crippen molar-refractivity contribution in [2.24, 2.45) is 17.8 Å². The minimum Gasteiger partial charge on any atom is -0.302 e. The topological polar surface area (TPSA) is 79.4 Å². The third kappa shape index (κ3) is 5.05. The van der Waals surface area contributed by atoms with Gasteiger partial charge in [0.1, 0.15) is 0 Å². The van der Waals surface area contributed by atoms with E-state index < -0.39 is 10.0 Å². The molecule has 0 bridgehead atoms. The minimum absolute atomic E-state index is 0.0433. The van der Waals surface area contributed by atoms with Crippen molar-refractivity contribution in [2.45, 2.75) is 45.4 Å². The summed E-state index contributed by atoms with van der Waals surface area (Å²) in [7, 11) is -3.45. The molecule has 0 radical (unpaired) electrons. The molecule has 0 aliphatic carbocycles. The lowest BCUT2D eigenvalue weighted by molar-refractivity contribution is -0.120. The summed E-state index contributed by atoms with van der Waals surface area (Å²) in [6.45, 7) is 9.24. The molecular weight excluding hydrogens is 406 g/mol. The highest BCUT2D eigenvalue weighted by molar-refractivity contribution is 7.89. The zero-order valence-electron chi connectivity index (χ0n) is 17.4. The molecule has 1 aromatic carbocycles. The fraction of sp³-hybridized carbons (Fsp3) is 0.524. The molecule has 1 fully saturated rings. The molecule has 158 valence electrons. The number of hydrogen-bond acceptors (Lipinski definition) is 5. The normalized spacial score (nSPS) is 17.4. The number of hydrogen-bond donors (Lipinski definition) is 1. The molecule has 1 aromatic heterocycles. The number of nitrogens with one attached hydrogen (secondary N) is 1. The largest absolute Gasteiger partial charge is 0.302 e. The van der Waals surface area contributed by atoms with Gasteiger partial charge in [0.2, 0.25) is 15.9 Å². The lowest BCUT2D eigenvalue weighted by Crippen LogP contribution is -2.37. The van der Waals surface area contributed by atoms with Gasteiger partial charge in [0.05, 0.1) is 10.6 Å². The molecule has 1 aliphatic heterocycles. The van der Waals surface area contributed by atoms with Gasteiger partial charge in [0, 0.05) is 30.0 Å². The van der Waals surface area contributed by atoms with E-state index in [2.05, 4.69) is 17.2 Å². The zero-order chi connectivity index (χ0) is 21.2. The Morgan fingerprint density at radius 3 is 2.38 bits per heavy atom. The van der Waals surface area contributed by atoms with Gasteiger partial charge in [-0.15, -0.1) is 11.3 Å². The third-order valence-electron chi connectivity index (χ3n) is 5.68.